The molecule has 0 saturated heterocycles. The van der Waals surface area contributed by atoms with Gasteiger partial charge in [0.2, 0.25) is 0 Å². The molecule has 0 spiro atoms. The molecule has 0 fully saturated rings. The highest BCUT2D eigenvalue weighted by molar-refractivity contribution is 5.46. The van der Waals surface area contributed by atoms with Crippen molar-refractivity contribution >= 4 is 0 Å². The molecule has 1 atom stereocenters. The number of hydrogen-bond acceptors (Lipinski definition) is 3. The Kier molecular flexibility index (Phi) is 2.14. The van der Waals surface area contributed by atoms with E-state index in [2.05, 4.69) is 0 Å². The maximum atomic E-state index is 8.06. The number of methoxy groups -OCH3 is 2. The van der Waals surface area contributed by atoms with Crippen LogP contribution in [0.5, 0.6) is 11.5 Å². The maximum Gasteiger partial charge on any atom is 0.122 e. The number of benzene rings is 1. The van der Waals surface area contributed by atoms with Crippen LogP contribution >= 0.6 is 0 Å². The van der Waals surface area contributed by atoms with E-state index in [1.165, 1.54) is 20.3 Å². The van der Waals surface area contributed by atoms with E-state index >= 15 is 0 Å². The summed E-state index contributed by atoms with van der Waals surface area (Å²) in [6, 6.07) is 1.36. The summed E-state index contributed by atoms with van der Waals surface area (Å²) in [6.07, 6.45) is -2.28. The van der Waals surface area contributed by atoms with Crippen molar-refractivity contribution in [3.63, 3.8) is 0 Å². The third kappa shape index (κ3) is 2.86. The van der Waals surface area contributed by atoms with E-state index in [0.29, 0.717) is 5.75 Å². The summed E-state index contributed by atoms with van der Waals surface area (Å²) in [5.74, 6) is 0.690. The van der Waals surface area contributed by atoms with E-state index in [1.807, 2.05) is 0 Å². The van der Waals surface area contributed by atoms with Crippen molar-refractivity contribution < 1.29 is 16.3 Å². The molecule has 0 aliphatic rings. The highest BCUT2D eigenvalue weighted by Crippen LogP contribution is 2.28. The average molecular weight is 219 g/mol. The SMILES string of the molecule is [3H]C([3H])([3H])C(N)C([3H])([3H])c1cc(OC)c(C)cc1OC. The van der Waals surface area contributed by atoms with Crippen molar-refractivity contribution in [3.05, 3.63) is 23.3 Å². The van der Waals surface area contributed by atoms with E-state index < -0.39 is 19.3 Å². The molecular formula is C12H19NO2. The van der Waals surface area contributed by atoms with E-state index in [1.54, 1.807) is 13.0 Å². The minimum atomic E-state index is -2.62. The minimum Gasteiger partial charge on any atom is -0.496 e. The molecule has 3 nitrogen and oxygen atoms in total. The largest absolute Gasteiger partial charge is 0.496 e. The summed E-state index contributed by atoms with van der Waals surface area (Å²) in [7, 11) is 2.85. The first kappa shape index (κ1) is 6.38. The van der Waals surface area contributed by atoms with E-state index in [9.17, 15) is 0 Å². The lowest BCUT2D eigenvalue weighted by molar-refractivity contribution is 0.395. The normalized spacial score (nSPS) is 19.1. The second-order valence-corrected chi connectivity index (χ2v) is 3.14. The van der Waals surface area contributed by atoms with Crippen molar-refractivity contribution in [2.24, 2.45) is 5.73 Å². The molecule has 1 rings (SSSR count). The van der Waals surface area contributed by atoms with Gasteiger partial charge in [-0.3, -0.25) is 0 Å². The zero-order chi connectivity index (χ0) is 15.7. The Bertz CT molecular complexity index is 487. The summed E-state index contributed by atoms with van der Waals surface area (Å²) in [5, 5.41) is 0. The van der Waals surface area contributed by atoms with Gasteiger partial charge < -0.3 is 15.2 Å². The van der Waals surface area contributed by atoms with Crippen LogP contribution in [0.3, 0.4) is 0 Å². The van der Waals surface area contributed by atoms with Crippen molar-refractivity contribution in [2.75, 3.05) is 14.2 Å². The molecule has 0 heterocycles. The lowest BCUT2D eigenvalue weighted by Crippen LogP contribution is -2.18. The van der Waals surface area contributed by atoms with Crippen LogP contribution in [0.1, 0.15) is 24.8 Å². The molecule has 15 heavy (non-hydrogen) atoms. The topological polar surface area (TPSA) is 44.5 Å². The number of ether oxygens (including phenoxy) is 2. The molecule has 1 aromatic rings. The van der Waals surface area contributed by atoms with Gasteiger partial charge in [-0.2, -0.15) is 0 Å². The summed E-state index contributed by atoms with van der Waals surface area (Å²) < 4.78 is 48.3. The first-order chi connectivity index (χ1) is 9.05. The van der Waals surface area contributed by atoms with Crippen molar-refractivity contribution in [2.45, 2.75) is 26.2 Å². The summed E-state index contributed by atoms with van der Waals surface area (Å²) in [4.78, 5) is 0. The molecule has 0 bridgehead atoms. The van der Waals surface area contributed by atoms with E-state index in [-0.39, 0.29) is 11.3 Å². The smallest absolute Gasteiger partial charge is 0.122 e. The van der Waals surface area contributed by atoms with Gasteiger partial charge in [-0.1, -0.05) is 0 Å². The molecule has 0 saturated carbocycles. The Morgan fingerprint density at radius 3 is 2.60 bits per heavy atom. The third-order valence-electron chi connectivity index (χ3n) is 2.03. The van der Waals surface area contributed by atoms with Gasteiger partial charge in [0.15, 0.2) is 0 Å². The number of rotatable bonds is 4. The van der Waals surface area contributed by atoms with Crippen LogP contribution in [0.2, 0.25) is 0 Å². The molecule has 1 unspecified atom stereocenters. The van der Waals surface area contributed by atoms with Gasteiger partial charge in [-0.25, -0.2) is 0 Å². The molecule has 0 aromatic heterocycles. The van der Waals surface area contributed by atoms with Crippen molar-refractivity contribution in [1.82, 2.24) is 0 Å². The van der Waals surface area contributed by atoms with Gasteiger partial charge in [0.25, 0.3) is 0 Å². The van der Waals surface area contributed by atoms with Crippen molar-refractivity contribution in [3.8, 4) is 11.5 Å². The molecular weight excluding hydrogens is 190 g/mol. The van der Waals surface area contributed by atoms with Crippen LogP contribution < -0.4 is 15.2 Å². The van der Waals surface area contributed by atoms with Gasteiger partial charge in [0, 0.05) is 12.9 Å². The standard InChI is InChI=1S/C12H19NO2/c1-8-5-12(15-4)10(6-9(2)13)7-11(8)14-3/h5,7,9H,6,13H2,1-4H3/i2T3,6T2. The summed E-state index contributed by atoms with van der Waals surface area (Å²) in [5.41, 5.74) is 6.40. The lowest BCUT2D eigenvalue weighted by Gasteiger charge is -2.14. The Hall–Kier alpha value is -1.22. The monoisotopic (exact) mass is 219 g/mol. The van der Waals surface area contributed by atoms with Crippen LogP contribution in [-0.4, -0.2) is 20.3 Å². The predicted molar refractivity (Wildman–Crippen MR) is 61.6 cm³/mol. The molecule has 0 radical (unpaired) electrons. The van der Waals surface area contributed by atoms with Gasteiger partial charge >= 0.3 is 0 Å². The molecule has 2 N–H and O–H groups in total. The second kappa shape index (κ2) is 5.03. The van der Waals surface area contributed by atoms with Crippen LogP contribution in [0.25, 0.3) is 0 Å². The van der Waals surface area contributed by atoms with Gasteiger partial charge in [-0.15, -0.1) is 0 Å². The van der Waals surface area contributed by atoms with Gasteiger partial charge in [-0.05, 0) is 43.4 Å². The predicted octanol–water partition coefficient (Wildman–Crippen LogP) is 1.90. The van der Waals surface area contributed by atoms with Gasteiger partial charge in [0.1, 0.15) is 11.5 Å². The summed E-state index contributed by atoms with van der Waals surface area (Å²) >= 11 is 0. The quantitative estimate of drug-likeness (QED) is 0.841. The molecule has 84 valence electrons. The first-order valence-electron chi connectivity index (χ1n) is 7.04. The van der Waals surface area contributed by atoms with Crippen LogP contribution in [0, 0.1) is 6.92 Å². The van der Waals surface area contributed by atoms with Crippen molar-refractivity contribution in [1.29, 1.82) is 0 Å². The summed E-state index contributed by atoms with van der Waals surface area (Å²) in [6.45, 7) is -0.836. The molecule has 0 aliphatic heterocycles. The number of nitrogens with two attached hydrogens (primary N) is 1. The zero-order valence-electron chi connectivity index (χ0n) is 14.1. The molecule has 1 aromatic carbocycles. The first-order valence-corrected chi connectivity index (χ1v) is 4.54. The molecule has 0 amide bonds. The highest BCUT2D eigenvalue weighted by Gasteiger charge is 2.09. The third-order valence-corrected chi connectivity index (χ3v) is 2.03. The Morgan fingerprint density at radius 1 is 1.40 bits per heavy atom. The van der Waals surface area contributed by atoms with Crippen LogP contribution in [0.4, 0.5) is 0 Å². The lowest BCUT2D eigenvalue weighted by atomic mass is 10.0. The fourth-order valence-electron chi connectivity index (χ4n) is 1.33. The van der Waals surface area contributed by atoms with Gasteiger partial charge in [0.05, 0.1) is 14.2 Å². The minimum absolute atomic E-state index is 0.0612. The second-order valence-electron chi connectivity index (χ2n) is 3.14. The zero-order valence-corrected chi connectivity index (χ0v) is 9.13. The van der Waals surface area contributed by atoms with Crippen LogP contribution in [0.15, 0.2) is 12.1 Å². The maximum absolute atomic E-state index is 8.06. The van der Waals surface area contributed by atoms with Crippen LogP contribution in [-0.2, 0) is 6.37 Å². The number of aryl methyl sites for hydroxylation is 1. The molecule has 0 aliphatic carbocycles. The Balaban J connectivity index is 3.43. The molecule has 3 heteroatoms. The fraction of sp³-hybridized carbons (Fsp3) is 0.500. The Morgan fingerprint density at radius 2 is 2.07 bits per heavy atom. The fourth-order valence-corrected chi connectivity index (χ4v) is 1.33. The Labute approximate surface area is 98.2 Å². The van der Waals surface area contributed by atoms with E-state index in [4.69, 9.17) is 22.1 Å². The average Bonchev–Trinajstić information content (AvgIpc) is 2.35. The van der Waals surface area contributed by atoms with E-state index in [0.717, 1.165) is 5.56 Å². The highest BCUT2D eigenvalue weighted by atomic mass is 16.5. The number of hydrogen-bond donors (Lipinski definition) is 1.